The summed E-state index contributed by atoms with van der Waals surface area (Å²) < 4.78 is 5.40. The molecule has 4 heteroatoms. The normalized spacial score (nSPS) is 12.2. The summed E-state index contributed by atoms with van der Waals surface area (Å²) in [6, 6.07) is 5.51. The number of benzene rings is 1. The first-order valence-corrected chi connectivity index (χ1v) is 6.11. The van der Waals surface area contributed by atoms with Gasteiger partial charge in [-0.2, -0.15) is 0 Å². The van der Waals surface area contributed by atoms with E-state index in [0.29, 0.717) is 18.8 Å². The van der Waals surface area contributed by atoms with Crippen molar-refractivity contribution in [3.8, 4) is 5.75 Å². The number of hydrogen-bond acceptors (Lipinski definition) is 4. The van der Waals surface area contributed by atoms with Gasteiger partial charge in [0.15, 0.2) is 0 Å². The van der Waals surface area contributed by atoms with Crippen LogP contribution in [0.25, 0.3) is 0 Å². The smallest absolute Gasteiger partial charge is 0.123 e. The van der Waals surface area contributed by atoms with Gasteiger partial charge in [0.1, 0.15) is 5.75 Å². The third kappa shape index (κ3) is 4.95. The van der Waals surface area contributed by atoms with Gasteiger partial charge in [0.2, 0.25) is 0 Å². The van der Waals surface area contributed by atoms with E-state index in [2.05, 4.69) is 12.2 Å². The maximum Gasteiger partial charge on any atom is 0.123 e. The molecule has 0 bridgehead atoms. The highest BCUT2D eigenvalue weighted by Gasteiger charge is 2.04. The molecule has 4 N–H and O–H groups in total. The van der Waals surface area contributed by atoms with Crippen molar-refractivity contribution in [2.45, 2.75) is 32.8 Å². The van der Waals surface area contributed by atoms with Crippen LogP contribution in [0, 0.1) is 0 Å². The summed E-state index contributed by atoms with van der Waals surface area (Å²) in [7, 11) is 0. The third-order valence-corrected chi connectivity index (χ3v) is 2.40. The second-order valence-electron chi connectivity index (χ2n) is 4.05. The molecule has 0 aliphatic heterocycles. The van der Waals surface area contributed by atoms with E-state index in [1.54, 1.807) is 6.07 Å². The first-order valence-electron chi connectivity index (χ1n) is 6.11. The standard InChI is InChI=1S/C13H22N2O2/c1-3-5-12(16)9-15-11-6-10(14)7-13(8-11)17-4-2/h6-8,12,15-16H,3-5,9,14H2,1-2H3. The molecule has 0 radical (unpaired) electrons. The molecule has 0 spiro atoms. The zero-order valence-corrected chi connectivity index (χ0v) is 10.6. The first-order chi connectivity index (χ1) is 8.15. The molecule has 0 aliphatic rings. The summed E-state index contributed by atoms with van der Waals surface area (Å²) in [5, 5.41) is 12.8. The number of hydrogen-bond donors (Lipinski definition) is 3. The minimum Gasteiger partial charge on any atom is -0.494 e. The second kappa shape index (κ2) is 7.01. The van der Waals surface area contributed by atoms with E-state index in [-0.39, 0.29) is 6.10 Å². The fraction of sp³-hybridized carbons (Fsp3) is 0.538. The minimum absolute atomic E-state index is 0.322. The Morgan fingerprint density at radius 2 is 2.12 bits per heavy atom. The molecule has 96 valence electrons. The Hall–Kier alpha value is -1.42. The molecule has 17 heavy (non-hydrogen) atoms. The lowest BCUT2D eigenvalue weighted by molar-refractivity contribution is 0.176. The van der Waals surface area contributed by atoms with Crippen LogP contribution in [0.5, 0.6) is 5.75 Å². The summed E-state index contributed by atoms with van der Waals surface area (Å²) in [4.78, 5) is 0. The highest BCUT2D eigenvalue weighted by atomic mass is 16.5. The number of aliphatic hydroxyl groups excluding tert-OH is 1. The van der Waals surface area contributed by atoms with Gasteiger partial charge in [-0.25, -0.2) is 0 Å². The fourth-order valence-electron chi connectivity index (χ4n) is 1.65. The molecule has 0 aromatic heterocycles. The summed E-state index contributed by atoms with van der Waals surface area (Å²) in [5.41, 5.74) is 7.31. The van der Waals surface area contributed by atoms with Crippen molar-refractivity contribution in [1.82, 2.24) is 0 Å². The Labute approximate surface area is 103 Å². The Bertz CT molecular complexity index is 342. The third-order valence-electron chi connectivity index (χ3n) is 2.40. The highest BCUT2D eigenvalue weighted by Crippen LogP contribution is 2.22. The van der Waals surface area contributed by atoms with Crippen molar-refractivity contribution in [3.05, 3.63) is 18.2 Å². The van der Waals surface area contributed by atoms with Crippen LogP contribution in [-0.2, 0) is 0 Å². The lowest BCUT2D eigenvalue weighted by Gasteiger charge is -2.13. The van der Waals surface area contributed by atoms with Gasteiger partial charge in [-0.15, -0.1) is 0 Å². The maximum absolute atomic E-state index is 9.63. The molecule has 1 atom stereocenters. The van der Waals surface area contributed by atoms with Gasteiger partial charge in [-0.3, -0.25) is 0 Å². The summed E-state index contributed by atoms with van der Waals surface area (Å²) in [6.45, 7) is 5.13. The van der Waals surface area contributed by atoms with Crippen LogP contribution in [0.1, 0.15) is 26.7 Å². The van der Waals surface area contributed by atoms with Gasteiger partial charge < -0.3 is 20.9 Å². The number of nitrogens with two attached hydrogens (primary N) is 1. The van der Waals surface area contributed by atoms with Crippen LogP contribution in [0.4, 0.5) is 11.4 Å². The topological polar surface area (TPSA) is 67.5 Å². The van der Waals surface area contributed by atoms with Gasteiger partial charge in [-0.1, -0.05) is 13.3 Å². The number of rotatable bonds is 7. The molecule has 0 aliphatic carbocycles. The zero-order valence-electron chi connectivity index (χ0n) is 10.6. The Morgan fingerprint density at radius 1 is 1.35 bits per heavy atom. The molecule has 1 unspecified atom stereocenters. The lowest BCUT2D eigenvalue weighted by Crippen LogP contribution is -2.19. The first kappa shape index (κ1) is 13.6. The quantitative estimate of drug-likeness (QED) is 0.637. The monoisotopic (exact) mass is 238 g/mol. The van der Waals surface area contributed by atoms with E-state index < -0.39 is 0 Å². The van der Waals surface area contributed by atoms with Gasteiger partial charge in [-0.05, 0) is 19.4 Å². The predicted octanol–water partition coefficient (Wildman–Crippen LogP) is 2.24. The van der Waals surface area contributed by atoms with Crippen molar-refractivity contribution < 1.29 is 9.84 Å². The van der Waals surface area contributed by atoms with Gasteiger partial charge in [0.05, 0.1) is 12.7 Å². The van der Waals surface area contributed by atoms with E-state index in [9.17, 15) is 5.11 Å². The van der Waals surface area contributed by atoms with Crippen LogP contribution in [-0.4, -0.2) is 24.4 Å². The summed E-state index contributed by atoms with van der Waals surface area (Å²) >= 11 is 0. The van der Waals surface area contributed by atoms with Gasteiger partial charge in [0.25, 0.3) is 0 Å². The van der Waals surface area contributed by atoms with Crippen molar-refractivity contribution >= 4 is 11.4 Å². The molecular formula is C13H22N2O2. The molecule has 0 heterocycles. The SMILES string of the molecule is CCCC(O)CNc1cc(N)cc(OCC)c1. The molecular weight excluding hydrogens is 216 g/mol. The maximum atomic E-state index is 9.63. The van der Waals surface area contributed by atoms with Crippen LogP contribution in [0.2, 0.25) is 0 Å². The fourth-order valence-corrected chi connectivity index (χ4v) is 1.65. The van der Waals surface area contributed by atoms with Gasteiger partial charge in [0, 0.05) is 30.1 Å². The number of aliphatic hydroxyl groups is 1. The van der Waals surface area contributed by atoms with Crippen molar-refractivity contribution in [2.75, 3.05) is 24.2 Å². The number of anilines is 2. The lowest BCUT2D eigenvalue weighted by atomic mass is 10.2. The largest absolute Gasteiger partial charge is 0.494 e. The van der Waals surface area contributed by atoms with E-state index >= 15 is 0 Å². The summed E-state index contributed by atoms with van der Waals surface area (Å²) in [5.74, 6) is 0.750. The van der Waals surface area contributed by atoms with Crippen molar-refractivity contribution in [2.24, 2.45) is 0 Å². The van der Waals surface area contributed by atoms with Crippen molar-refractivity contribution in [3.63, 3.8) is 0 Å². The molecule has 1 rings (SSSR count). The predicted molar refractivity (Wildman–Crippen MR) is 71.4 cm³/mol. The summed E-state index contributed by atoms with van der Waals surface area (Å²) in [6.07, 6.45) is 1.45. The Morgan fingerprint density at radius 3 is 2.76 bits per heavy atom. The number of nitrogens with one attached hydrogen (secondary N) is 1. The number of ether oxygens (including phenoxy) is 1. The van der Waals surface area contributed by atoms with E-state index in [1.165, 1.54) is 0 Å². The van der Waals surface area contributed by atoms with Crippen molar-refractivity contribution in [1.29, 1.82) is 0 Å². The molecule has 1 aromatic carbocycles. The van der Waals surface area contributed by atoms with Crippen LogP contribution in [0.15, 0.2) is 18.2 Å². The van der Waals surface area contributed by atoms with Crippen LogP contribution >= 0.6 is 0 Å². The Kier molecular flexibility index (Phi) is 5.63. The molecule has 1 aromatic rings. The van der Waals surface area contributed by atoms with E-state index in [1.807, 2.05) is 19.1 Å². The molecule has 0 saturated heterocycles. The van der Waals surface area contributed by atoms with Crippen LogP contribution < -0.4 is 15.8 Å². The molecule has 0 amide bonds. The average Bonchev–Trinajstić information content (AvgIpc) is 2.26. The molecule has 4 nitrogen and oxygen atoms in total. The van der Waals surface area contributed by atoms with Gasteiger partial charge >= 0.3 is 0 Å². The average molecular weight is 238 g/mol. The minimum atomic E-state index is -0.322. The van der Waals surface area contributed by atoms with Crippen LogP contribution in [0.3, 0.4) is 0 Å². The van der Waals surface area contributed by atoms with E-state index in [4.69, 9.17) is 10.5 Å². The van der Waals surface area contributed by atoms with E-state index in [0.717, 1.165) is 24.3 Å². The second-order valence-corrected chi connectivity index (χ2v) is 4.05. The molecule has 0 fully saturated rings. The zero-order chi connectivity index (χ0) is 12.7. The number of nitrogen functional groups attached to an aromatic ring is 1. The Balaban J connectivity index is 2.57. The molecule has 0 saturated carbocycles. The highest BCUT2D eigenvalue weighted by molar-refractivity contribution is 5.59.